The molecular formula is H11AlBaCaKNaO. The molecule has 26 valence electrons. The van der Waals surface area contributed by atoms with Crippen molar-refractivity contribution in [2.24, 2.45) is 0 Å². The van der Waals surface area contributed by atoms with Crippen LogP contribution < -0.4 is 80.9 Å². The van der Waals surface area contributed by atoms with E-state index in [4.69, 9.17) is 0 Å². The fraction of sp³-hybridized carbons (Fsp3) is 0. The summed E-state index contributed by atoms with van der Waals surface area (Å²) in [6.45, 7) is 0. The molecule has 2 N–H and O–H groups in total. The number of hydrogen-bond donors (Lipinski definition) is 0. The summed E-state index contributed by atoms with van der Waals surface area (Å²) in [5.74, 6) is 0. The molecule has 6 heteroatoms. The molecule has 0 saturated heterocycles. The molecule has 0 radical (unpaired) electrons. The topological polar surface area (TPSA) is 31.5 Å². The van der Waals surface area contributed by atoms with Crippen molar-refractivity contribution in [1.29, 1.82) is 0 Å². The van der Waals surface area contributed by atoms with Gasteiger partial charge in [-0.2, -0.15) is 0 Å². The second kappa shape index (κ2) is 30.6. The second-order valence-corrected chi connectivity index (χ2v) is 0. The first-order valence-electron chi connectivity index (χ1n) is 0. The van der Waals surface area contributed by atoms with E-state index in [2.05, 4.69) is 0 Å². The van der Waals surface area contributed by atoms with Crippen LogP contribution in [0.25, 0.3) is 0 Å². The Morgan fingerprint density at radius 3 is 1.17 bits per heavy atom. The van der Waals surface area contributed by atoms with Crippen molar-refractivity contribution in [3.05, 3.63) is 0 Å². The van der Waals surface area contributed by atoms with Crippen molar-refractivity contribution in [3.63, 3.8) is 0 Å². The van der Waals surface area contributed by atoms with Crippen LogP contribution in [-0.2, 0) is 0 Å². The standard InChI is InChI=1S/Al.Ba.Ca.K.Na.H2O.9H/h;;;;;1H2;;;;;;;;;/q;2*+2;2*+1;;;;;6*-1. The molecule has 0 aliphatic rings. The van der Waals surface area contributed by atoms with E-state index < -0.39 is 0 Å². The first kappa shape index (κ1) is 40.4. The number of rotatable bonds is 0. The molecular weight excluding hydrogens is 282 g/mol. The van der Waals surface area contributed by atoms with E-state index in [1.807, 2.05) is 0 Å². The van der Waals surface area contributed by atoms with Gasteiger partial charge in [0.25, 0.3) is 0 Å². The summed E-state index contributed by atoms with van der Waals surface area (Å²) in [4.78, 5) is 0. The van der Waals surface area contributed by atoms with Crippen LogP contribution in [0, 0.1) is 0 Å². The van der Waals surface area contributed by atoms with E-state index in [1.165, 1.54) is 0 Å². The van der Waals surface area contributed by atoms with Gasteiger partial charge in [0.2, 0.25) is 0 Å². The summed E-state index contributed by atoms with van der Waals surface area (Å²) in [6.07, 6.45) is 0. The molecule has 0 spiro atoms. The van der Waals surface area contributed by atoms with Crippen LogP contribution in [-0.4, -0.2) is 109 Å². The fourth-order valence-corrected chi connectivity index (χ4v) is 0. The molecule has 0 aliphatic carbocycles. The molecule has 0 aromatic rings. The van der Waals surface area contributed by atoms with Crippen molar-refractivity contribution in [3.8, 4) is 0 Å². The minimum atomic E-state index is 0. The Hall–Kier alpha value is 5.96. The Balaban J connectivity index is 0. The van der Waals surface area contributed by atoms with Gasteiger partial charge < -0.3 is 14.0 Å². The third-order valence-electron chi connectivity index (χ3n) is 0. The maximum Gasteiger partial charge on any atom is 2.00 e. The minimum Gasteiger partial charge on any atom is -1.00 e. The zero-order valence-electron chi connectivity index (χ0n) is 9.91. The minimum absolute atomic E-state index is 0. The zero-order valence-corrected chi connectivity index (χ0v) is 15.7. The molecule has 0 atom stereocenters. The van der Waals surface area contributed by atoms with E-state index in [0.717, 1.165) is 0 Å². The molecule has 0 heterocycles. The van der Waals surface area contributed by atoms with Gasteiger partial charge >= 0.3 is 168 Å². The molecule has 6 heavy (non-hydrogen) atoms. The fourth-order valence-electron chi connectivity index (χ4n) is 0. The van der Waals surface area contributed by atoms with Gasteiger partial charge in [-0.05, 0) is 0 Å². The van der Waals surface area contributed by atoms with E-state index in [9.17, 15) is 0 Å². The molecule has 1 nitrogen and oxygen atoms in total. The predicted molar refractivity (Wildman–Crippen MR) is 31.7 cm³/mol. The molecule has 0 saturated carbocycles. The summed E-state index contributed by atoms with van der Waals surface area (Å²) in [7, 11) is 0. The smallest absolute Gasteiger partial charge is 1.00 e. The van der Waals surface area contributed by atoms with Gasteiger partial charge in [-0.15, -0.1) is 0 Å². The Bertz CT molecular complexity index is 27.5. The molecule has 0 aliphatic heterocycles. The Kier molecular flexibility index (Phi) is 206. The summed E-state index contributed by atoms with van der Waals surface area (Å²) in [6, 6.07) is 0. The van der Waals surface area contributed by atoms with Gasteiger partial charge in [0, 0.05) is 0 Å². The van der Waals surface area contributed by atoms with Crippen LogP contribution >= 0.6 is 0 Å². The van der Waals surface area contributed by atoms with Crippen LogP contribution in [0.5, 0.6) is 0 Å². The van der Waals surface area contributed by atoms with Gasteiger partial charge in [0.1, 0.15) is 0 Å². The SMILES string of the molecule is O.[AlH3].[Ba+2].[Ca+2].[H-].[H-].[H-].[H-].[H-].[H-].[K+].[Na+]. The average molecular weight is 294 g/mol. The van der Waals surface area contributed by atoms with Gasteiger partial charge in [-0.1, -0.05) is 0 Å². The number of hydrogen-bond acceptors (Lipinski definition) is 0. The van der Waals surface area contributed by atoms with Gasteiger partial charge in [-0.3, -0.25) is 0 Å². The van der Waals surface area contributed by atoms with Crippen LogP contribution in [0.15, 0.2) is 0 Å². The Morgan fingerprint density at radius 1 is 1.17 bits per heavy atom. The Morgan fingerprint density at radius 2 is 1.17 bits per heavy atom. The third kappa shape index (κ3) is 22.5. The van der Waals surface area contributed by atoms with Crippen LogP contribution in [0.3, 0.4) is 0 Å². The largest absolute Gasteiger partial charge is 2.00 e. The molecule has 0 rings (SSSR count). The van der Waals surface area contributed by atoms with E-state index in [1.54, 1.807) is 0 Å². The average Bonchev–Trinajstić information content (AvgIpc) is 0. The third-order valence-corrected chi connectivity index (χ3v) is 0. The molecule has 0 bridgehead atoms. The first-order valence-corrected chi connectivity index (χ1v) is 0. The normalized spacial score (nSPS) is 0. The van der Waals surface area contributed by atoms with E-state index in [0.29, 0.717) is 0 Å². The molecule has 0 aromatic heterocycles. The van der Waals surface area contributed by atoms with Crippen molar-refractivity contribution < 1.29 is 95.0 Å². The van der Waals surface area contributed by atoms with Gasteiger partial charge in [-0.25, -0.2) is 0 Å². The summed E-state index contributed by atoms with van der Waals surface area (Å²) in [5, 5.41) is 0. The maximum absolute atomic E-state index is 0. The monoisotopic (exact) mass is 294 g/mol. The summed E-state index contributed by atoms with van der Waals surface area (Å²) in [5.41, 5.74) is 0. The van der Waals surface area contributed by atoms with Crippen molar-refractivity contribution >= 4 is 104 Å². The molecule has 0 aromatic carbocycles. The second-order valence-electron chi connectivity index (χ2n) is 0. The Labute approximate surface area is 193 Å². The predicted octanol–water partition coefficient (Wildman–Crippen LogP) is -8.09. The van der Waals surface area contributed by atoms with Crippen molar-refractivity contribution in [2.75, 3.05) is 0 Å². The van der Waals surface area contributed by atoms with Crippen LogP contribution in [0.2, 0.25) is 0 Å². The van der Waals surface area contributed by atoms with E-state index in [-0.39, 0.29) is 199 Å². The van der Waals surface area contributed by atoms with Gasteiger partial charge in [0.05, 0.1) is 0 Å². The quantitative estimate of drug-likeness (QED) is 0.398. The summed E-state index contributed by atoms with van der Waals surface area (Å²) < 4.78 is 0. The van der Waals surface area contributed by atoms with E-state index >= 15 is 0 Å². The van der Waals surface area contributed by atoms with Crippen LogP contribution in [0.4, 0.5) is 0 Å². The summed E-state index contributed by atoms with van der Waals surface area (Å²) >= 11 is 0. The first-order chi connectivity index (χ1) is 0. The zero-order chi connectivity index (χ0) is 0. The van der Waals surface area contributed by atoms with Crippen molar-refractivity contribution in [1.82, 2.24) is 0 Å². The van der Waals surface area contributed by atoms with Crippen LogP contribution in [0.1, 0.15) is 8.56 Å². The van der Waals surface area contributed by atoms with Crippen molar-refractivity contribution in [2.45, 2.75) is 0 Å². The maximum atomic E-state index is 0. The molecule has 0 amide bonds. The van der Waals surface area contributed by atoms with Gasteiger partial charge in [0.15, 0.2) is 17.4 Å². The molecule has 0 unspecified atom stereocenters. The molecule has 0 fully saturated rings.